The van der Waals surface area contributed by atoms with Crippen LogP contribution in [0.4, 0.5) is 0 Å². The van der Waals surface area contributed by atoms with Crippen molar-refractivity contribution in [2.75, 3.05) is 26.8 Å². The number of carbonyl (C=O) groups is 1. The van der Waals surface area contributed by atoms with Crippen molar-refractivity contribution in [2.45, 2.75) is 71.4 Å². The van der Waals surface area contributed by atoms with Gasteiger partial charge in [0.1, 0.15) is 9.88 Å². The number of esters is 1. The highest BCUT2D eigenvalue weighted by atomic mass is 127. The fourth-order valence-electron chi connectivity index (χ4n) is 3.25. The molecule has 1 saturated carbocycles. The Balaban J connectivity index is 0.00000420. The smallest absolute Gasteiger partial charge is 0.350 e. The van der Waals surface area contributed by atoms with Crippen LogP contribution >= 0.6 is 35.3 Å². The van der Waals surface area contributed by atoms with E-state index in [-0.39, 0.29) is 36.0 Å². The minimum Gasteiger partial charge on any atom is -0.462 e. The first-order valence-corrected chi connectivity index (χ1v) is 11.1. The van der Waals surface area contributed by atoms with Crippen LogP contribution in [-0.2, 0) is 9.47 Å². The topological polar surface area (TPSA) is 84.8 Å². The van der Waals surface area contributed by atoms with E-state index in [4.69, 9.17) is 9.47 Å². The number of guanidine groups is 1. The molecule has 29 heavy (non-hydrogen) atoms. The van der Waals surface area contributed by atoms with Gasteiger partial charge in [-0.1, -0.05) is 25.7 Å². The molecular formula is C20H35IN4O3S. The molecule has 0 radical (unpaired) electrons. The van der Waals surface area contributed by atoms with Gasteiger partial charge in [-0.3, -0.25) is 4.99 Å². The van der Waals surface area contributed by atoms with Crippen LogP contribution in [0.3, 0.4) is 0 Å². The molecule has 1 aliphatic rings. The van der Waals surface area contributed by atoms with E-state index in [1.165, 1.54) is 49.9 Å². The molecule has 0 aromatic carbocycles. The Morgan fingerprint density at radius 3 is 2.62 bits per heavy atom. The number of hydrogen-bond acceptors (Lipinski definition) is 6. The van der Waals surface area contributed by atoms with Gasteiger partial charge in [0.05, 0.1) is 31.1 Å². The first kappa shape index (κ1) is 26.1. The largest absolute Gasteiger partial charge is 0.462 e. The number of nitrogens with one attached hydrogen (secondary N) is 2. The molecule has 1 heterocycles. The van der Waals surface area contributed by atoms with Crippen LogP contribution < -0.4 is 10.6 Å². The number of aromatic nitrogens is 1. The summed E-state index contributed by atoms with van der Waals surface area (Å²) in [6.07, 6.45) is 7.98. The van der Waals surface area contributed by atoms with Crippen LogP contribution in [0, 0.1) is 6.92 Å². The molecule has 0 aliphatic heterocycles. The number of rotatable bonds is 8. The monoisotopic (exact) mass is 538 g/mol. The van der Waals surface area contributed by atoms with E-state index < -0.39 is 0 Å². The van der Waals surface area contributed by atoms with E-state index in [1.807, 2.05) is 13.8 Å². The van der Waals surface area contributed by atoms with Crippen molar-refractivity contribution in [3.8, 4) is 0 Å². The van der Waals surface area contributed by atoms with E-state index in [9.17, 15) is 4.79 Å². The maximum atomic E-state index is 12.0. The standard InChI is InChI=1S/C20H34N4O3S.HI/c1-5-26-19(25)17-14(2)23-18(28-17)15(3)24-20(21-4)22-12-13-27-16-10-8-6-7-9-11-16;/h15-16H,5-13H2,1-4H3,(H2,21,22,24);1H. The molecule has 166 valence electrons. The number of halogens is 1. The second-order valence-electron chi connectivity index (χ2n) is 7.04. The van der Waals surface area contributed by atoms with Gasteiger partial charge in [-0.25, -0.2) is 9.78 Å². The molecular weight excluding hydrogens is 503 g/mol. The molecule has 1 aromatic heterocycles. The lowest BCUT2D eigenvalue weighted by molar-refractivity contribution is 0.0467. The Morgan fingerprint density at radius 1 is 1.31 bits per heavy atom. The summed E-state index contributed by atoms with van der Waals surface area (Å²) < 4.78 is 11.1. The SMILES string of the molecule is CCOC(=O)c1sc(C(C)NC(=NC)NCCOC2CCCCCC2)nc1C.I. The van der Waals surface area contributed by atoms with Crippen molar-refractivity contribution in [1.29, 1.82) is 0 Å². The third-order valence-corrected chi connectivity index (χ3v) is 6.09. The summed E-state index contributed by atoms with van der Waals surface area (Å²) in [5.74, 6) is 0.386. The summed E-state index contributed by atoms with van der Waals surface area (Å²) in [6.45, 7) is 7.36. The number of carbonyl (C=O) groups excluding carboxylic acids is 1. The molecule has 9 heteroatoms. The lowest BCUT2D eigenvalue weighted by atomic mass is 10.1. The second kappa shape index (κ2) is 14.1. The molecule has 0 spiro atoms. The fourth-order valence-corrected chi connectivity index (χ4v) is 4.22. The van der Waals surface area contributed by atoms with Gasteiger partial charge in [-0.15, -0.1) is 35.3 Å². The van der Waals surface area contributed by atoms with Crippen molar-refractivity contribution in [2.24, 2.45) is 4.99 Å². The molecule has 1 fully saturated rings. The highest BCUT2D eigenvalue weighted by molar-refractivity contribution is 14.0. The van der Waals surface area contributed by atoms with Gasteiger partial charge in [0, 0.05) is 13.6 Å². The van der Waals surface area contributed by atoms with Gasteiger partial charge in [0.25, 0.3) is 0 Å². The average molecular weight is 538 g/mol. The van der Waals surface area contributed by atoms with Crippen molar-refractivity contribution < 1.29 is 14.3 Å². The third-order valence-electron chi connectivity index (χ3n) is 4.77. The van der Waals surface area contributed by atoms with Crippen molar-refractivity contribution in [3.63, 3.8) is 0 Å². The molecule has 0 saturated heterocycles. The normalized spacial score (nSPS) is 16.5. The Labute approximate surface area is 195 Å². The summed E-state index contributed by atoms with van der Waals surface area (Å²) in [6, 6.07) is -0.0687. The van der Waals surface area contributed by atoms with Crippen LogP contribution in [0.2, 0.25) is 0 Å². The Hall–Kier alpha value is -0.940. The summed E-state index contributed by atoms with van der Waals surface area (Å²) in [7, 11) is 1.74. The molecule has 2 rings (SSSR count). The van der Waals surface area contributed by atoms with Gasteiger partial charge in [0.15, 0.2) is 5.96 Å². The fraction of sp³-hybridized carbons (Fsp3) is 0.750. The molecule has 1 unspecified atom stereocenters. The predicted octanol–water partition coefficient (Wildman–Crippen LogP) is 4.21. The zero-order chi connectivity index (χ0) is 20.4. The van der Waals surface area contributed by atoms with Crippen LogP contribution in [-0.4, -0.2) is 49.8 Å². The van der Waals surface area contributed by atoms with Gasteiger partial charge < -0.3 is 20.1 Å². The Bertz CT molecular complexity index is 646. The number of thiazole rings is 1. The van der Waals surface area contributed by atoms with Gasteiger partial charge >= 0.3 is 5.97 Å². The molecule has 0 bridgehead atoms. The lowest BCUT2D eigenvalue weighted by Crippen LogP contribution is -2.40. The maximum absolute atomic E-state index is 12.0. The number of ether oxygens (including phenoxy) is 2. The first-order valence-electron chi connectivity index (χ1n) is 10.3. The zero-order valence-electron chi connectivity index (χ0n) is 18.0. The van der Waals surface area contributed by atoms with E-state index >= 15 is 0 Å². The molecule has 1 atom stereocenters. The van der Waals surface area contributed by atoms with Gasteiger partial charge in [-0.05, 0) is 33.6 Å². The highest BCUT2D eigenvalue weighted by Gasteiger charge is 2.20. The van der Waals surface area contributed by atoms with E-state index in [2.05, 4.69) is 20.6 Å². The summed E-state index contributed by atoms with van der Waals surface area (Å²) in [4.78, 5) is 21.3. The minimum atomic E-state index is -0.311. The lowest BCUT2D eigenvalue weighted by Gasteiger charge is -2.18. The predicted molar refractivity (Wildman–Crippen MR) is 129 cm³/mol. The zero-order valence-corrected chi connectivity index (χ0v) is 21.1. The quantitative estimate of drug-likeness (QED) is 0.129. The van der Waals surface area contributed by atoms with E-state index in [0.29, 0.717) is 42.4 Å². The number of aryl methyl sites for hydroxylation is 1. The van der Waals surface area contributed by atoms with Crippen molar-refractivity contribution >= 4 is 47.2 Å². The van der Waals surface area contributed by atoms with E-state index in [0.717, 1.165) is 5.01 Å². The van der Waals surface area contributed by atoms with Crippen molar-refractivity contribution in [3.05, 3.63) is 15.6 Å². The van der Waals surface area contributed by atoms with Crippen LogP contribution in [0.5, 0.6) is 0 Å². The van der Waals surface area contributed by atoms with Gasteiger partial charge in [0.2, 0.25) is 0 Å². The van der Waals surface area contributed by atoms with Crippen LogP contribution in [0.25, 0.3) is 0 Å². The van der Waals surface area contributed by atoms with Crippen LogP contribution in [0.15, 0.2) is 4.99 Å². The van der Waals surface area contributed by atoms with E-state index in [1.54, 1.807) is 14.0 Å². The Kier molecular flexibility index (Phi) is 12.7. The summed E-state index contributed by atoms with van der Waals surface area (Å²) in [5.41, 5.74) is 0.701. The van der Waals surface area contributed by atoms with Gasteiger partial charge in [-0.2, -0.15) is 0 Å². The molecule has 1 aromatic rings. The number of hydrogen-bond donors (Lipinski definition) is 2. The maximum Gasteiger partial charge on any atom is 0.350 e. The summed E-state index contributed by atoms with van der Waals surface area (Å²) in [5, 5.41) is 7.44. The minimum absolute atomic E-state index is 0. The first-order chi connectivity index (χ1) is 13.5. The molecule has 1 aliphatic carbocycles. The third kappa shape index (κ3) is 8.75. The number of aliphatic imine (C=N–C) groups is 1. The average Bonchev–Trinajstić information content (AvgIpc) is 2.89. The Morgan fingerprint density at radius 2 is 2.00 bits per heavy atom. The number of nitrogens with zero attached hydrogens (tertiary/aromatic N) is 2. The molecule has 0 amide bonds. The molecule has 2 N–H and O–H groups in total. The van der Waals surface area contributed by atoms with Crippen LogP contribution in [0.1, 0.15) is 78.8 Å². The summed E-state index contributed by atoms with van der Waals surface area (Å²) >= 11 is 1.36. The highest BCUT2D eigenvalue weighted by Crippen LogP contribution is 2.24. The molecule has 7 nitrogen and oxygen atoms in total. The second-order valence-corrected chi connectivity index (χ2v) is 8.07. The van der Waals surface area contributed by atoms with Crippen molar-refractivity contribution in [1.82, 2.24) is 15.6 Å².